The Bertz CT molecular complexity index is 1290. The molecule has 0 aromatic heterocycles. The van der Waals surface area contributed by atoms with Gasteiger partial charge in [0.15, 0.2) is 6.10 Å². The fourth-order valence-corrected chi connectivity index (χ4v) is 4.91. The molecule has 1 amide bonds. The largest absolute Gasteiger partial charge is 0.481 e. The van der Waals surface area contributed by atoms with Crippen LogP contribution in [0.4, 0.5) is 5.69 Å². The van der Waals surface area contributed by atoms with E-state index >= 15 is 0 Å². The lowest BCUT2D eigenvalue weighted by molar-refractivity contribution is -0.122. The molecule has 182 valence electrons. The van der Waals surface area contributed by atoms with Gasteiger partial charge in [-0.1, -0.05) is 55.0 Å². The lowest BCUT2D eigenvalue weighted by Gasteiger charge is -2.16. The number of carbonyl (C=O) groups is 1. The van der Waals surface area contributed by atoms with Crippen LogP contribution in [0.15, 0.2) is 88.8 Å². The molecule has 1 atom stereocenters. The third-order valence-electron chi connectivity index (χ3n) is 5.68. The zero-order chi connectivity index (χ0) is 24.7. The summed E-state index contributed by atoms with van der Waals surface area (Å²) < 4.78 is 34.0. The van der Waals surface area contributed by atoms with Crippen LogP contribution in [0.25, 0.3) is 11.1 Å². The van der Waals surface area contributed by atoms with Crippen molar-refractivity contribution in [3.63, 3.8) is 0 Å². The molecule has 1 aliphatic heterocycles. The van der Waals surface area contributed by atoms with E-state index in [1.165, 1.54) is 12.1 Å². The zero-order valence-electron chi connectivity index (χ0n) is 19.6. The minimum Gasteiger partial charge on any atom is -0.481 e. The molecule has 35 heavy (non-hydrogen) atoms. The molecule has 0 aliphatic carbocycles. The Balaban J connectivity index is 1.38. The van der Waals surface area contributed by atoms with Gasteiger partial charge in [0.1, 0.15) is 11.6 Å². The van der Waals surface area contributed by atoms with Crippen LogP contribution in [-0.2, 0) is 14.8 Å². The van der Waals surface area contributed by atoms with Crippen LogP contribution >= 0.6 is 0 Å². The quantitative estimate of drug-likeness (QED) is 0.485. The molecular weight excluding hydrogens is 462 g/mol. The molecule has 0 fully saturated rings. The lowest BCUT2D eigenvalue weighted by Crippen LogP contribution is -2.31. The minimum atomic E-state index is -3.79. The highest BCUT2D eigenvalue weighted by molar-refractivity contribution is 7.90. The minimum absolute atomic E-state index is 0.0623. The number of amides is 1. The van der Waals surface area contributed by atoms with Crippen LogP contribution < -0.4 is 14.8 Å². The van der Waals surface area contributed by atoms with Crippen molar-refractivity contribution in [3.05, 3.63) is 78.9 Å². The Morgan fingerprint density at radius 1 is 0.914 bits per heavy atom. The molecule has 0 saturated carbocycles. The Morgan fingerprint density at radius 2 is 1.66 bits per heavy atom. The van der Waals surface area contributed by atoms with E-state index in [2.05, 4.69) is 15.0 Å². The third-order valence-corrected chi connectivity index (χ3v) is 7.06. The Labute approximate surface area is 206 Å². The number of aliphatic imine (C=N–C) groups is 1. The normalized spacial score (nSPS) is 14.8. The van der Waals surface area contributed by atoms with Crippen LogP contribution in [0, 0.1) is 0 Å². The smallest absolute Gasteiger partial charge is 0.265 e. The number of anilines is 1. The van der Waals surface area contributed by atoms with Gasteiger partial charge in [-0.15, -0.1) is 0 Å². The van der Waals surface area contributed by atoms with Gasteiger partial charge in [-0.3, -0.25) is 14.5 Å². The van der Waals surface area contributed by atoms with Crippen molar-refractivity contribution >= 4 is 27.5 Å². The maximum Gasteiger partial charge on any atom is 0.265 e. The zero-order valence-corrected chi connectivity index (χ0v) is 20.4. The Kier molecular flexibility index (Phi) is 7.82. The molecular formula is C27H29N3O4S. The second-order valence-corrected chi connectivity index (χ2v) is 10.1. The number of hydrogen-bond acceptors (Lipinski definition) is 5. The van der Waals surface area contributed by atoms with Crippen molar-refractivity contribution in [1.29, 1.82) is 0 Å². The molecule has 1 aliphatic rings. The molecule has 2 N–H and O–H groups in total. The first kappa shape index (κ1) is 24.5. The number of nitrogens with zero attached hydrogens (tertiary/aromatic N) is 1. The second-order valence-electron chi connectivity index (χ2n) is 8.41. The predicted octanol–water partition coefficient (Wildman–Crippen LogP) is 5.01. The summed E-state index contributed by atoms with van der Waals surface area (Å²) in [5.74, 6) is 0.669. The van der Waals surface area contributed by atoms with E-state index in [1.807, 2.05) is 54.6 Å². The van der Waals surface area contributed by atoms with E-state index < -0.39 is 16.1 Å². The molecule has 0 bridgehead atoms. The van der Waals surface area contributed by atoms with E-state index in [-0.39, 0.29) is 10.8 Å². The monoisotopic (exact) mass is 491 g/mol. The van der Waals surface area contributed by atoms with Crippen molar-refractivity contribution in [1.82, 2.24) is 4.72 Å². The van der Waals surface area contributed by atoms with Crippen LogP contribution in [0.3, 0.4) is 0 Å². The number of sulfonamides is 1. The average molecular weight is 492 g/mol. The molecule has 0 radical (unpaired) electrons. The lowest BCUT2D eigenvalue weighted by atomic mass is 10.1. The first-order valence-corrected chi connectivity index (χ1v) is 13.2. The average Bonchev–Trinajstić information content (AvgIpc) is 3.13. The maximum atomic E-state index is 12.8. The maximum absolute atomic E-state index is 12.8. The number of carbonyl (C=O) groups excluding carboxylic acids is 1. The summed E-state index contributed by atoms with van der Waals surface area (Å²) in [7, 11) is -3.79. The number of nitrogens with one attached hydrogen (secondary N) is 2. The standard InChI is InChI=1S/C27H29N3O4S/c1-20(34-24-16-14-22(15-17-24)21-9-4-2-5-10-21)27(31)29-23-11-8-12-25(19-23)35(32,33)30-26-13-6-3-7-18-28-26/h2,4-5,8-12,14-17,19-20H,3,6-7,13,18H2,1H3,(H,28,30)(H,29,31). The fraction of sp³-hybridized carbons (Fsp3) is 0.259. The van der Waals surface area contributed by atoms with Gasteiger partial charge in [-0.2, -0.15) is 0 Å². The molecule has 3 aromatic rings. The number of ether oxygens (including phenoxy) is 1. The van der Waals surface area contributed by atoms with Gasteiger partial charge >= 0.3 is 0 Å². The van der Waals surface area contributed by atoms with E-state index in [9.17, 15) is 13.2 Å². The van der Waals surface area contributed by atoms with Gasteiger partial charge in [0.25, 0.3) is 15.9 Å². The molecule has 3 aromatic carbocycles. The molecule has 0 spiro atoms. The molecule has 1 unspecified atom stereocenters. The van der Waals surface area contributed by atoms with Gasteiger partial charge in [0.2, 0.25) is 0 Å². The number of amidine groups is 1. The molecule has 8 heteroatoms. The van der Waals surface area contributed by atoms with Gasteiger partial charge < -0.3 is 10.1 Å². The summed E-state index contributed by atoms with van der Waals surface area (Å²) in [6, 6.07) is 23.7. The van der Waals surface area contributed by atoms with E-state index in [0.29, 0.717) is 30.2 Å². The first-order chi connectivity index (χ1) is 16.9. The Morgan fingerprint density at radius 3 is 2.43 bits per heavy atom. The first-order valence-electron chi connectivity index (χ1n) is 11.7. The van der Waals surface area contributed by atoms with Crippen LogP contribution in [0.2, 0.25) is 0 Å². The summed E-state index contributed by atoms with van der Waals surface area (Å²) in [6.45, 7) is 2.27. The number of rotatable bonds is 7. The van der Waals surface area contributed by atoms with Crippen LogP contribution in [-0.4, -0.2) is 32.8 Å². The fourth-order valence-electron chi connectivity index (χ4n) is 3.77. The molecule has 1 heterocycles. The second kappa shape index (κ2) is 11.2. The highest BCUT2D eigenvalue weighted by Crippen LogP contribution is 2.23. The van der Waals surface area contributed by atoms with Crippen molar-refractivity contribution in [2.24, 2.45) is 4.99 Å². The highest BCUT2D eigenvalue weighted by atomic mass is 32.2. The number of benzene rings is 3. The van der Waals surface area contributed by atoms with Gasteiger partial charge in [-0.05, 0) is 61.2 Å². The third kappa shape index (κ3) is 6.70. The van der Waals surface area contributed by atoms with Crippen molar-refractivity contribution in [2.75, 3.05) is 11.9 Å². The van der Waals surface area contributed by atoms with Gasteiger partial charge in [0, 0.05) is 18.7 Å². The van der Waals surface area contributed by atoms with Gasteiger partial charge in [0.05, 0.1) is 4.90 Å². The van der Waals surface area contributed by atoms with E-state index in [4.69, 9.17) is 4.74 Å². The highest BCUT2D eigenvalue weighted by Gasteiger charge is 2.19. The SMILES string of the molecule is CC(Oc1ccc(-c2ccccc2)cc1)C(=O)Nc1cccc(S(=O)(=O)NC2=NCCCCC2)c1. The van der Waals surface area contributed by atoms with Crippen molar-refractivity contribution in [2.45, 2.75) is 43.6 Å². The summed E-state index contributed by atoms with van der Waals surface area (Å²) in [6.07, 6.45) is 2.73. The van der Waals surface area contributed by atoms with Gasteiger partial charge in [-0.25, -0.2) is 8.42 Å². The van der Waals surface area contributed by atoms with Crippen molar-refractivity contribution in [3.8, 4) is 16.9 Å². The summed E-state index contributed by atoms with van der Waals surface area (Å²) in [4.78, 5) is 17.1. The Hall–Kier alpha value is -3.65. The van der Waals surface area contributed by atoms with Crippen molar-refractivity contribution < 1.29 is 17.9 Å². The van der Waals surface area contributed by atoms with Crippen LogP contribution in [0.5, 0.6) is 5.75 Å². The van der Waals surface area contributed by atoms with Crippen LogP contribution in [0.1, 0.15) is 32.6 Å². The molecule has 0 saturated heterocycles. The molecule has 4 rings (SSSR count). The molecule has 7 nitrogen and oxygen atoms in total. The van der Waals surface area contributed by atoms with E-state index in [0.717, 1.165) is 30.4 Å². The van der Waals surface area contributed by atoms with E-state index in [1.54, 1.807) is 19.1 Å². The topological polar surface area (TPSA) is 96.9 Å². The number of hydrogen-bond donors (Lipinski definition) is 2. The predicted molar refractivity (Wildman–Crippen MR) is 138 cm³/mol. The summed E-state index contributed by atoms with van der Waals surface area (Å²) >= 11 is 0. The summed E-state index contributed by atoms with van der Waals surface area (Å²) in [5.41, 5.74) is 2.52. The summed E-state index contributed by atoms with van der Waals surface area (Å²) in [5, 5.41) is 2.74.